The molecule has 2 aliphatic rings. The zero-order valence-corrected chi connectivity index (χ0v) is 17.7. The quantitative estimate of drug-likeness (QED) is 0.290. The van der Waals surface area contributed by atoms with Crippen molar-refractivity contribution in [1.29, 1.82) is 0 Å². The van der Waals surface area contributed by atoms with Crippen LogP contribution in [0.2, 0.25) is 0 Å². The van der Waals surface area contributed by atoms with Crippen molar-refractivity contribution in [2.24, 2.45) is 10.9 Å². The van der Waals surface area contributed by atoms with Crippen LogP contribution in [0, 0.1) is 5.92 Å². The van der Waals surface area contributed by atoms with E-state index in [9.17, 15) is 4.79 Å². The summed E-state index contributed by atoms with van der Waals surface area (Å²) in [6.07, 6.45) is 4.28. The summed E-state index contributed by atoms with van der Waals surface area (Å²) < 4.78 is 0.284. The molecule has 0 aromatic carbocycles. The Balaban J connectivity index is 0.00000264. The van der Waals surface area contributed by atoms with E-state index in [-0.39, 0.29) is 40.5 Å². The van der Waals surface area contributed by atoms with E-state index in [1.807, 2.05) is 18.8 Å². The van der Waals surface area contributed by atoms with E-state index >= 15 is 0 Å². The molecule has 0 aromatic heterocycles. The zero-order valence-electron chi connectivity index (χ0n) is 14.6. The lowest BCUT2D eigenvalue weighted by molar-refractivity contribution is -0.127. The first-order chi connectivity index (χ1) is 10.5. The molecule has 2 rings (SSSR count). The molecule has 5 nitrogen and oxygen atoms in total. The summed E-state index contributed by atoms with van der Waals surface area (Å²) in [5, 5.41) is 6.46. The summed E-state index contributed by atoms with van der Waals surface area (Å²) in [6, 6.07) is 0. The molecule has 0 unspecified atom stereocenters. The molecule has 1 saturated carbocycles. The summed E-state index contributed by atoms with van der Waals surface area (Å²) in [7, 11) is 1.84. The first-order valence-corrected chi connectivity index (χ1v) is 9.38. The van der Waals surface area contributed by atoms with Gasteiger partial charge in [-0.1, -0.05) is 6.42 Å². The third-order valence-corrected chi connectivity index (χ3v) is 5.65. The number of nitrogens with zero attached hydrogens (tertiary/aromatic N) is 2. The number of carbonyl (C=O) groups is 1. The standard InChI is InChI=1S/C16H30N4OS.HI/c1-16(2)12-20(10-11-22-16)15(17-3)19-9-5-8-18-14(21)13-6-4-7-13;/h13H,4-12H2,1-3H3,(H,17,19)(H,18,21);1H. The Morgan fingerprint density at radius 3 is 2.57 bits per heavy atom. The summed E-state index contributed by atoms with van der Waals surface area (Å²) >= 11 is 2.03. The Morgan fingerprint density at radius 2 is 2.00 bits per heavy atom. The lowest BCUT2D eigenvalue weighted by atomic mass is 9.85. The highest BCUT2D eigenvalue weighted by molar-refractivity contribution is 14.0. The van der Waals surface area contributed by atoms with Crippen LogP contribution in [-0.2, 0) is 4.79 Å². The molecule has 2 N–H and O–H groups in total. The Hall–Kier alpha value is -0.180. The van der Waals surface area contributed by atoms with Gasteiger partial charge in [-0.25, -0.2) is 0 Å². The number of amides is 1. The van der Waals surface area contributed by atoms with Gasteiger partial charge in [0.2, 0.25) is 5.91 Å². The summed E-state index contributed by atoms with van der Waals surface area (Å²) in [5.41, 5.74) is 0. The van der Waals surface area contributed by atoms with E-state index in [1.54, 1.807) is 0 Å². The van der Waals surface area contributed by atoms with Crippen LogP contribution in [-0.4, -0.2) is 60.5 Å². The van der Waals surface area contributed by atoms with Crippen molar-refractivity contribution in [2.75, 3.05) is 39.0 Å². The van der Waals surface area contributed by atoms with Gasteiger partial charge in [-0.2, -0.15) is 11.8 Å². The number of nitrogens with one attached hydrogen (secondary N) is 2. The fourth-order valence-electron chi connectivity index (χ4n) is 2.84. The number of guanidine groups is 1. The summed E-state index contributed by atoms with van der Waals surface area (Å²) in [5.74, 6) is 2.66. The molecule has 2 fully saturated rings. The highest BCUT2D eigenvalue weighted by Gasteiger charge is 2.28. The number of hydrogen-bond acceptors (Lipinski definition) is 3. The molecule has 1 aliphatic heterocycles. The van der Waals surface area contributed by atoms with Gasteiger partial charge in [0.1, 0.15) is 0 Å². The molecule has 134 valence electrons. The van der Waals surface area contributed by atoms with Gasteiger partial charge in [-0.05, 0) is 33.1 Å². The van der Waals surface area contributed by atoms with Gasteiger partial charge in [0.05, 0.1) is 0 Å². The van der Waals surface area contributed by atoms with Gasteiger partial charge in [-0.3, -0.25) is 9.79 Å². The van der Waals surface area contributed by atoms with E-state index < -0.39 is 0 Å². The zero-order chi connectivity index (χ0) is 16.0. The van der Waals surface area contributed by atoms with Gasteiger partial charge in [0, 0.05) is 49.6 Å². The first-order valence-electron chi connectivity index (χ1n) is 8.39. The van der Waals surface area contributed by atoms with E-state index in [2.05, 4.69) is 34.4 Å². The Kier molecular flexibility index (Phi) is 9.03. The van der Waals surface area contributed by atoms with Crippen molar-refractivity contribution >= 4 is 47.6 Å². The molecule has 0 bridgehead atoms. The molecule has 0 aromatic rings. The van der Waals surface area contributed by atoms with E-state index in [0.29, 0.717) is 0 Å². The van der Waals surface area contributed by atoms with Crippen molar-refractivity contribution in [3.63, 3.8) is 0 Å². The molecule has 0 atom stereocenters. The molecule has 1 amide bonds. The maximum atomic E-state index is 11.7. The van der Waals surface area contributed by atoms with Crippen LogP contribution in [0.1, 0.15) is 39.5 Å². The monoisotopic (exact) mass is 454 g/mol. The average Bonchev–Trinajstić information content (AvgIpc) is 2.39. The van der Waals surface area contributed by atoms with Crippen molar-refractivity contribution < 1.29 is 4.79 Å². The predicted octanol–water partition coefficient (Wildman–Crippen LogP) is 2.31. The number of carbonyl (C=O) groups excluding carboxylic acids is 1. The maximum absolute atomic E-state index is 11.7. The minimum Gasteiger partial charge on any atom is -0.356 e. The smallest absolute Gasteiger partial charge is 0.223 e. The Labute approximate surface area is 161 Å². The number of aliphatic imine (C=N–C) groups is 1. The lowest BCUT2D eigenvalue weighted by Crippen LogP contribution is -2.51. The fraction of sp³-hybridized carbons (Fsp3) is 0.875. The topological polar surface area (TPSA) is 56.7 Å². The average molecular weight is 454 g/mol. The highest BCUT2D eigenvalue weighted by Crippen LogP contribution is 2.29. The lowest BCUT2D eigenvalue weighted by Gasteiger charge is -2.39. The molecular formula is C16H31IN4OS. The number of hydrogen-bond donors (Lipinski definition) is 2. The first kappa shape index (κ1) is 20.9. The van der Waals surface area contributed by atoms with E-state index in [4.69, 9.17) is 0 Å². The number of thioether (sulfide) groups is 1. The maximum Gasteiger partial charge on any atom is 0.223 e. The van der Waals surface area contributed by atoms with Gasteiger partial charge < -0.3 is 15.5 Å². The largest absolute Gasteiger partial charge is 0.356 e. The third-order valence-electron chi connectivity index (χ3n) is 4.35. The van der Waals surface area contributed by atoms with E-state index in [1.165, 1.54) is 6.42 Å². The van der Waals surface area contributed by atoms with Gasteiger partial charge >= 0.3 is 0 Å². The second-order valence-electron chi connectivity index (χ2n) is 6.78. The molecule has 1 saturated heterocycles. The van der Waals surface area contributed by atoms with Gasteiger partial charge in [-0.15, -0.1) is 24.0 Å². The molecule has 1 aliphatic carbocycles. The van der Waals surface area contributed by atoms with Crippen molar-refractivity contribution in [3.05, 3.63) is 0 Å². The van der Waals surface area contributed by atoms with Crippen molar-refractivity contribution in [1.82, 2.24) is 15.5 Å². The molecule has 23 heavy (non-hydrogen) atoms. The second kappa shape index (κ2) is 9.96. The van der Waals surface area contributed by atoms with E-state index in [0.717, 1.165) is 57.2 Å². The van der Waals surface area contributed by atoms with Crippen LogP contribution < -0.4 is 10.6 Å². The highest BCUT2D eigenvalue weighted by atomic mass is 127. The van der Waals surface area contributed by atoms with Crippen molar-refractivity contribution in [2.45, 2.75) is 44.3 Å². The van der Waals surface area contributed by atoms with Crippen LogP contribution in [0.3, 0.4) is 0 Å². The van der Waals surface area contributed by atoms with Crippen LogP contribution >= 0.6 is 35.7 Å². The summed E-state index contributed by atoms with van der Waals surface area (Å²) in [6.45, 7) is 8.24. The Bertz CT molecular complexity index is 413. The normalized spacial score (nSPS) is 21.2. The molecule has 1 heterocycles. The molecular weight excluding hydrogens is 423 g/mol. The Morgan fingerprint density at radius 1 is 1.30 bits per heavy atom. The molecule has 0 spiro atoms. The predicted molar refractivity (Wildman–Crippen MR) is 110 cm³/mol. The minimum absolute atomic E-state index is 0. The molecule has 0 radical (unpaired) electrons. The third kappa shape index (κ3) is 6.68. The van der Waals surface area contributed by atoms with Gasteiger partial charge in [0.25, 0.3) is 0 Å². The minimum atomic E-state index is 0. The molecule has 7 heteroatoms. The number of rotatable bonds is 5. The number of halogens is 1. The van der Waals surface area contributed by atoms with Crippen LogP contribution in [0.4, 0.5) is 0 Å². The van der Waals surface area contributed by atoms with Crippen LogP contribution in [0.25, 0.3) is 0 Å². The summed E-state index contributed by atoms with van der Waals surface area (Å²) in [4.78, 5) is 18.5. The van der Waals surface area contributed by atoms with Crippen molar-refractivity contribution in [3.8, 4) is 0 Å². The second-order valence-corrected chi connectivity index (χ2v) is 8.58. The van der Waals surface area contributed by atoms with Gasteiger partial charge in [0.15, 0.2) is 5.96 Å². The fourth-order valence-corrected chi connectivity index (χ4v) is 3.96. The van der Waals surface area contributed by atoms with Crippen LogP contribution in [0.5, 0.6) is 0 Å². The SMILES string of the molecule is CN=C(NCCCNC(=O)C1CCC1)N1CCSC(C)(C)C1.I. The van der Waals surface area contributed by atoms with Crippen LogP contribution in [0.15, 0.2) is 4.99 Å².